The van der Waals surface area contributed by atoms with Crippen LogP contribution in [0.15, 0.2) is 47.8 Å². The van der Waals surface area contributed by atoms with Crippen LogP contribution in [0.4, 0.5) is 0 Å². The molecule has 3 rings (SSSR count). The van der Waals surface area contributed by atoms with E-state index < -0.39 is 0 Å². The fraction of sp³-hybridized carbons (Fsp3) is 0.444. The van der Waals surface area contributed by atoms with Gasteiger partial charge in [-0.25, -0.2) is 0 Å². The van der Waals surface area contributed by atoms with Gasteiger partial charge in [0.2, 0.25) is 0 Å². The predicted octanol–water partition coefficient (Wildman–Crippen LogP) is 5.18. The van der Waals surface area contributed by atoms with E-state index in [9.17, 15) is 0 Å². The Bertz CT molecular complexity index is 491. The molecule has 21 heavy (non-hydrogen) atoms. The summed E-state index contributed by atoms with van der Waals surface area (Å²) in [7, 11) is 0. The summed E-state index contributed by atoms with van der Waals surface area (Å²) in [6.45, 7) is 3.83. The Morgan fingerprint density at radius 2 is 1.71 bits per heavy atom. The Morgan fingerprint density at radius 1 is 0.952 bits per heavy atom. The molecule has 0 N–H and O–H groups in total. The van der Waals surface area contributed by atoms with Gasteiger partial charge < -0.3 is 4.90 Å². The lowest BCUT2D eigenvalue weighted by Gasteiger charge is -2.28. The molecule has 114 valence electrons. The maximum atomic E-state index is 2.65. The van der Waals surface area contributed by atoms with E-state index in [0.29, 0.717) is 5.92 Å². The zero-order chi connectivity index (χ0) is 13.6. The van der Waals surface area contributed by atoms with Crippen molar-refractivity contribution in [3.05, 3.63) is 58.3 Å². The van der Waals surface area contributed by atoms with Crippen molar-refractivity contribution in [2.75, 3.05) is 19.6 Å². The normalized spacial score (nSPS) is 17.1. The molecule has 1 atom stereocenters. The highest BCUT2D eigenvalue weighted by Gasteiger charge is 2.17. The van der Waals surface area contributed by atoms with Crippen molar-refractivity contribution in [2.45, 2.75) is 31.6 Å². The lowest BCUT2D eigenvalue weighted by atomic mass is 9.93. The van der Waals surface area contributed by atoms with Gasteiger partial charge in [-0.15, -0.1) is 23.7 Å². The van der Waals surface area contributed by atoms with E-state index in [1.54, 1.807) is 0 Å². The maximum Gasteiger partial charge on any atom is 0.0196 e. The van der Waals surface area contributed by atoms with E-state index in [0.717, 1.165) is 0 Å². The first-order valence-electron chi connectivity index (χ1n) is 7.74. The molecule has 0 aliphatic carbocycles. The molecule has 1 unspecified atom stereocenters. The minimum Gasteiger partial charge on any atom is -0.303 e. The number of rotatable bonds is 5. The molecule has 1 nitrogen and oxygen atoms in total. The fourth-order valence-corrected chi connectivity index (χ4v) is 4.03. The molecule has 0 saturated carbocycles. The monoisotopic (exact) mass is 321 g/mol. The number of hydrogen-bond acceptors (Lipinski definition) is 2. The van der Waals surface area contributed by atoms with Gasteiger partial charge in [0, 0.05) is 10.8 Å². The van der Waals surface area contributed by atoms with E-state index >= 15 is 0 Å². The summed E-state index contributed by atoms with van der Waals surface area (Å²) in [5.74, 6) is 0.568. The van der Waals surface area contributed by atoms with Gasteiger partial charge in [-0.3, -0.25) is 0 Å². The van der Waals surface area contributed by atoms with Gasteiger partial charge in [-0.05, 0) is 55.9 Å². The highest BCUT2D eigenvalue weighted by molar-refractivity contribution is 7.10. The number of halogens is 1. The molecule has 2 heterocycles. The van der Waals surface area contributed by atoms with Crippen LogP contribution in [-0.2, 0) is 0 Å². The van der Waals surface area contributed by atoms with Crippen LogP contribution in [0.3, 0.4) is 0 Å². The summed E-state index contributed by atoms with van der Waals surface area (Å²) in [4.78, 5) is 4.15. The first kappa shape index (κ1) is 16.5. The zero-order valence-corrected chi connectivity index (χ0v) is 14.0. The number of hydrogen-bond donors (Lipinski definition) is 0. The quantitative estimate of drug-likeness (QED) is 0.733. The molecule has 1 aromatic carbocycles. The van der Waals surface area contributed by atoms with Gasteiger partial charge in [0.15, 0.2) is 0 Å². The van der Waals surface area contributed by atoms with Crippen molar-refractivity contribution >= 4 is 23.7 Å². The number of thiophene rings is 1. The molecule has 3 heteroatoms. The highest BCUT2D eigenvalue weighted by atomic mass is 35.5. The molecular formula is C18H24ClNS. The van der Waals surface area contributed by atoms with Crippen molar-refractivity contribution in [1.82, 2.24) is 4.90 Å². The second kappa shape index (κ2) is 8.57. The average molecular weight is 322 g/mol. The van der Waals surface area contributed by atoms with Gasteiger partial charge in [-0.1, -0.05) is 42.8 Å². The molecule has 0 amide bonds. The second-order valence-electron chi connectivity index (χ2n) is 5.67. The van der Waals surface area contributed by atoms with Crippen LogP contribution in [0.5, 0.6) is 0 Å². The molecule has 0 spiro atoms. The second-order valence-corrected chi connectivity index (χ2v) is 6.65. The van der Waals surface area contributed by atoms with E-state index in [-0.39, 0.29) is 12.4 Å². The largest absolute Gasteiger partial charge is 0.303 e. The van der Waals surface area contributed by atoms with E-state index in [2.05, 4.69) is 52.7 Å². The predicted molar refractivity (Wildman–Crippen MR) is 94.8 cm³/mol. The number of likely N-dealkylation sites (tertiary alicyclic amines) is 1. The number of nitrogens with zero attached hydrogens (tertiary/aromatic N) is 1. The summed E-state index contributed by atoms with van der Waals surface area (Å²) >= 11 is 1.89. The van der Waals surface area contributed by atoms with Crippen LogP contribution in [0.1, 0.15) is 42.0 Å². The van der Waals surface area contributed by atoms with Crippen molar-refractivity contribution in [3.63, 3.8) is 0 Å². The Kier molecular flexibility index (Phi) is 6.75. The molecular weight excluding hydrogens is 298 g/mol. The molecule has 1 fully saturated rings. The summed E-state index contributed by atoms with van der Waals surface area (Å²) in [5, 5.41) is 2.20. The molecule has 2 aromatic rings. The summed E-state index contributed by atoms with van der Waals surface area (Å²) in [5.41, 5.74) is 1.46. The SMILES string of the molecule is Cl.c1ccc(C(CCN2CCCCC2)c2cccs2)cc1. The minimum absolute atomic E-state index is 0. The third-order valence-electron chi connectivity index (χ3n) is 4.27. The van der Waals surface area contributed by atoms with Crippen LogP contribution in [0.25, 0.3) is 0 Å². The third kappa shape index (κ3) is 4.57. The van der Waals surface area contributed by atoms with Gasteiger partial charge in [0.25, 0.3) is 0 Å². The van der Waals surface area contributed by atoms with E-state index in [1.165, 1.54) is 55.8 Å². The number of benzene rings is 1. The Balaban J connectivity index is 0.00000161. The molecule has 0 bridgehead atoms. The van der Waals surface area contributed by atoms with Gasteiger partial charge in [0.05, 0.1) is 0 Å². The molecule has 0 radical (unpaired) electrons. The highest BCUT2D eigenvalue weighted by Crippen LogP contribution is 2.31. The molecule has 1 aliphatic heterocycles. The van der Waals surface area contributed by atoms with E-state index in [1.807, 2.05) is 11.3 Å². The van der Waals surface area contributed by atoms with E-state index in [4.69, 9.17) is 0 Å². The average Bonchev–Trinajstić information content (AvgIpc) is 3.04. The van der Waals surface area contributed by atoms with Crippen molar-refractivity contribution in [1.29, 1.82) is 0 Å². The summed E-state index contributed by atoms with van der Waals surface area (Å²) < 4.78 is 0. The van der Waals surface area contributed by atoms with Crippen LogP contribution >= 0.6 is 23.7 Å². The third-order valence-corrected chi connectivity index (χ3v) is 5.26. The zero-order valence-electron chi connectivity index (χ0n) is 12.4. The molecule has 1 aromatic heterocycles. The summed E-state index contributed by atoms with van der Waals surface area (Å²) in [6, 6.07) is 15.5. The lowest BCUT2D eigenvalue weighted by Crippen LogP contribution is -2.31. The summed E-state index contributed by atoms with van der Waals surface area (Å²) in [6.07, 6.45) is 5.43. The van der Waals surface area contributed by atoms with Crippen molar-refractivity contribution < 1.29 is 0 Å². The van der Waals surface area contributed by atoms with Crippen LogP contribution in [0.2, 0.25) is 0 Å². The Morgan fingerprint density at radius 3 is 2.38 bits per heavy atom. The first-order chi connectivity index (χ1) is 9.93. The Hall–Kier alpha value is -0.830. The Labute approximate surface area is 138 Å². The lowest BCUT2D eigenvalue weighted by molar-refractivity contribution is 0.223. The van der Waals surface area contributed by atoms with Crippen LogP contribution in [-0.4, -0.2) is 24.5 Å². The van der Waals surface area contributed by atoms with Crippen molar-refractivity contribution in [3.8, 4) is 0 Å². The van der Waals surface area contributed by atoms with Gasteiger partial charge in [-0.2, -0.15) is 0 Å². The molecule has 1 aliphatic rings. The van der Waals surface area contributed by atoms with Crippen LogP contribution in [0, 0.1) is 0 Å². The topological polar surface area (TPSA) is 3.24 Å². The van der Waals surface area contributed by atoms with Crippen molar-refractivity contribution in [2.24, 2.45) is 0 Å². The van der Waals surface area contributed by atoms with Gasteiger partial charge >= 0.3 is 0 Å². The van der Waals surface area contributed by atoms with Gasteiger partial charge in [0.1, 0.15) is 0 Å². The fourth-order valence-electron chi connectivity index (χ4n) is 3.14. The minimum atomic E-state index is 0. The molecule has 1 saturated heterocycles. The first-order valence-corrected chi connectivity index (χ1v) is 8.62. The maximum absolute atomic E-state index is 2.65. The standard InChI is InChI=1S/C18H23NS.ClH/c1-3-8-16(9-4-1)17(18-10-7-15-20-18)11-14-19-12-5-2-6-13-19;/h1,3-4,7-10,15,17H,2,5-6,11-14H2;1H. The van der Waals surface area contributed by atoms with Crippen LogP contribution < -0.4 is 0 Å². The number of piperidine rings is 1. The smallest absolute Gasteiger partial charge is 0.0196 e.